The normalized spacial score (nSPS) is 23.4. The number of nitrogens with one attached hydrogen (secondary N) is 1. The summed E-state index contributed by atoms with van der Waals surface area (Å²) < 4.78 is 14.7. The SMILES string of the molecule is CC1(O)CCCN(c2nccc(CNC(C)(C)C)c2F)C1. The number of rotatable bonds is 3. The molecule has 0 amide bonds. The van der Waals surface area contributed by atoms with Gasteiger partial charge in [-0.25, -0.2) is 9.37 Å². The van der Waals surface area contributed by atoms with E-state index in [-0.39, 0.29) is 11.4 Å². The Hall–Kier alpha value is -1.20. The lowest BCUT2D eigenvalue weighted by Gasteiger charge is -2.37. The van der Waals surface area contributed by atoms with Crippen LogP contribution in [0, 0.1) is 5.82 Å². The highest BCUT2D eigenvalue weighted by Crippen LogP contribution is 2.27. The molecule has 0 aromatic carbocycles. The van der Waals surface area contributed by atoms with Crippen molar-refractivity contribution in [1.29, 1.82) is 0 Å². The van der Waals surface area contributed by atoms with Crippen LogP contribution in [0.1, 0.15) is 46.1 Å². The third-order valence-corrected chi connectivity index (χ3v) is 3.73. The van der Waals surface area contributed by atoms with Gasteiger partial charge in [0.1, 0.15) is 0 Å². The number of aromatic nitrogens is 1. The van der Waals surface area contributed by atoms with Gasteiger partial charge < -0.3 is 15.3 Å². The van der Waals surface area contributed by atoms with Crippen molar-refractivity contribution >= 4 is 5.82 Å². The number of pyridine rings is 1. The molecule has 2 rings (SSSR count). The van der Waals surface area contributed by atoms with Crippen LogP contribution in [0.2, 0.25) is 0 Å². The van der Waals surface area contributed by atoms with Crippen LogP contribution < -0.4 is 10.2 Å². The first-order valence-corrected chi connectivity index (χ1v) is 7.54. The highest BCUT2D eigenvalue weighted by atomic mass is 19.1. The summed E-state index contributed by atoms with van der Waals surface area (Å²) in [6.45, 7) is 9.57. The second-order valence-corrected chi connectivity index (χ2v) is 7.23. The first-order valence-electron chi connectivity index (χ1n) is 7.54. The van der Waals surface area contributed by atoms with Crippen molar-refractivity contribution in [2.24, 2.45) is 0 Å². The highest BCUT2D eigenvalue weighted by Gasteiger charge is 2.30. The Kier molecular flexibility index (Phi) is 4.54. The largest absolute Gasteiger partial charge is 0.388 e. The molecule has 2 heterocycles. The second kappa shape index (κ2) is 5.89. The number of hydrogen-bond acceptors (Lipinski definition) is 4. The molecule has 0 aliphatic carbocycles. The molecular weight excluding hydrogens is 269 g/mol. The van der Waals surface area contributed by atoms with Gasteiger partial charge in [0.25, 0.3) is 0 Å². The number of hydrogen-bond donors (Lipinski definition) is 2. The molecule has 0 radical (unpaired) electrons. The van der Waals surface area contributed by atoms with E-state index in [9.17, 15) is 9.50 Å². The van der Waals surface area contributed by atoms with E-state index in [1.54, 1.807) is 19.2 Å². The van der Waals surface area contributed by atoms with E-state index in [1.807, 2.05) is 4.90 Å². The zero-order chi connectivity index (χ0) is 15.7. The van der Waals surface area contributed by atoms with E-state index in [2.05, 4.69) is 31.1 Å². The molecule has 1 aromatic rings. The van der Waals surface area contributed by atoms with Crippen molar-refractivity contribution in [1.82, 2.24) is 10.3 Å². The van der Waals surface area contributed by atoms with Gasteiger partial charge in [0, 0.05) is 36.9 Å². The predicted octanol–water partition coefficient (Wildman–Crippen LogP) is 2.46. The molecule has 0 spiro atoms. The summed E-state index contributed by atoms with van der Waals surface area (Å²) in [5.41, 5.74) is -0.225. The van der Waals surface area contributed by atoms with E-state index in [0.717, 1.165) is 19.4 Å². The minimum atomic E-state index is -0.772. The van der Waals surface area contributed by atoms with Gasteiger partial charge in [-0.15, -0.1) is 0 Å². The van der Waals surface area contributed by atoms with Gasteiger partial charge in [-0.1, -0.05) is 0 Å². The summed E-state index contributed by atoms with van der Waals surface area (Å²) in [7, 11) is 0. The van der Waals surface area contributed by atoms with Crippen molar-refractivity contribution in [3.63, 3.8) is 0 Å². The molecule has 1 aliphatic rings. The molecular formula is C16H26FN3O. The maximum atomic E-state index is 14.7. The minimum Gasteiger partial charge on any atom is -0.388 e. The molecule has 0 bridgehead atoms. The topological polar surface area (TPSA) is 48.4 Å². The Morgan fingerprint density at radius 2 is 2.19 bits per heavy atom. The third kappa shape index (κ3) is 4.38. The highest BCUT2D eigenvalue weighted by molar-refractivity contribution is 5.44. The van der Waals surface area contributed by atoms with E-state index < -0.39 is 5.60 Å². The number of β-amino-alcohol motifs (C(OH)–C–C–N with tert-alkyl or cyclic N) is 1. The van der Waals surface area contributed by atoms with Crippen molar-refractivity contribution in [3.05, 3.63) is 23.6 Å². The Balaban J connectivity index is 2.17. The van der Waals surface area contributed by atoms with Gasteiger partial charge in [-0.05, 0) is 46.6 Å². The van der Waals surface area contributed by atoms with Gasteiger partial charge >= 0.3 is 0 Å². The zero-order valence-corrected chi connectivity index (χ0v) is 13.4. The maximum absolute atomic E-state index is 14.7. The standard InChI is InChI=1S/C16H26FN3O/c1-15(2,3)19-10-12-6-8-18-14(13(12)17)20-9-5-7-16(4,21)11-20/h6,8,19,21H,5,7,9-11H2,1-4H3. The number of aliphatic hydroxyl groups is 1. The van der Waals surface area contributed by atoms with E-state index >= 15 is 0 Å². The molecule has 1 aromatic heterocycles. The molecule has 2 N–H and O–H groups in total. The lowest BCUT2D eigenvalue weighted by atomic mass is 9.95. The van der Waals surface area contributed by atoms with Crippen LogP contribution in [0.15, 0.2) is 12.3 Å². The lowest BCUT2D eigenvalue weighted by molar-refractivity contribution is 0.0445. The molecule has 118 valence electrons. The lowest BCUT2D eigenvalue weighted by Crippen LogP contribution is -2.46. The number of nitrogens with zero attached hydrogens (tertiary/aromatic N) is 2. The molecule has 1 fully saturated rings. The van der Waals surface area contributed by atoms with Crippen molar-refractivity contribution in [3.8, 4) is 0 Å². The molecule has 1 saturated heterocycles. The maximum Gasteiger partial charge on any atom is 0.170 e. The number of piperidine rings is 1. The fraction of sp³-hybridized carbons (Fsp3) is 0.688. The Labute approximate surface area is 126 Å². The van der Waals surface area contributed by atoms with Gasteiger partial charge in [-0.2, -0.15) is 0 Å². The summed E-state index contributed by atoms with van der Waals surface area (Å²) in [5.74, 6) is 0.0649. The van der Waals surface area contributed by atoms with Crippen LogP contribution >= 0.6 is 0 Å². The number of anilines is 1. The van der Waals surface area contributed by atoms with Crippen LogP contribution in [0.4, 0.5) is 10.2 Å². The Bertz CT molecular complexity index is 497. The quantitative estimate of drug-likeness (QED) is 0.899. The fourth-order valence-electron chi connectivity index (χ4n) is 2.59. The molecule has 5 heteroatoms. The van der Waals surface area contributed by atoms with Crippen molar-refractivity contribution < 1.29 is 9.50 Å². The summed E-state index contributed by atoms with van der Waals surface area (Å²) in [6, 6.07) is 1.71. The smallest absolute Gasteiger partial charge is 0.170 e. The molecule has 1 aliphatic heterocycles. The Morgan fingerprint density at radius 1 is 1.48 bits per heavy atom. The van der Waals surface area contributed by atoms with Crippen LogP contribution in [0.3, 0.4) is 0 Å². The summed E-state index contributed by atoms with van der Waals surface area (Å²) in [6.07, 6.45) is 3.23. The summed E-state index contributed by atoms with van der Waals surface area (Å²) in [5, 5.41) is 13.5. The molecule has 21 heavy (non-hydrogen) atoms. The van der Waals surface area contributed by atoms with Gasteiger partial charge in [-0.3, -0.25) is 0 Å². The molecule has 1 unspecified atom stereocenters. The average molecular weight is 295 g/mol. The van der Waals surface area contributed by atoms with Crippen LogP contribution in [0.25, 0.3) is 0 Å². The van der Waals surface area contributed by atoms with Crippen LogP contribution in [-0.4, -0.2) is 34.3 Å². The minimum absolute atomic E-state index is 0.0648. The van der Waals surface area contributed by atoms with E-state index in [0.29, 0.717) is 24.5 Å². The zero-order valence-electron chi connectivity index (χ0n) is 13.4. The van der Waals surface area contributed by atoms with Crippen molar-refractivity contribution in [2.75, 3.05) is 18.0 Å². The second-order valence-electron chi connectivity index (χ2n) is 7.23. The monoisotopic (exact) mass is 295 g/mol. The van der Waals surface area contributed by atoms with Crippen molar-refractivity contribution in [2.45, 2.75) is 58.2 Å². The average Bonchev–Trinajstić information content (AvgIpc) is 2.35. The van der Waals surface area contributed by atoms with Gasteiger partial charge in [0.05, 0.1) is 5.60 Å². The molecule has 0 saturated carbocycles. The van der Waals surface area contributed by atoms with Crippen LogP contribution in [-0.2, 0) is 6.54 Å². The number of halogens is 1. The summed E-state index contributed by atoms with van der Waals surface area (Å²) >= 11 is 0. The third-order valence-electron chi connectivity index (χ3n) is 3.73. The predicted molar refractivity (Wildman–Crippen MR) is 82.9 cm³/mol. The summed E-state index contributed by atoms with van der Waals surface area (Å²) in [4.78, 5) is 6.03. The Morgan fingerprint density at radius 3 is 2.81 bits per heavy atom. The van der Waals surface area contributed by atoms with Gasteiger partial charge in [0.15, 0.2) is 11.6 Å². The molecule has 4 nitrogen and oxygen atoms in total. The fourth-order valence-corrected chi connectivity index (χ4v) is 2.59. The van der Waals surface area contributed by atoms with Crippen LogP contribution in [0.5, 0.6) is 0 Å². The molecule has 1 atom stereocenters. The van der Waals surface area contributed by atoms with Gasteiger partial charge in [0.2, 0.25) is 0 Å². The first-order chi connectivity index (χ1) is 9.68. The first kappa shape index (κ1) is 16.2. The van der Waals surface area contributed by atoms with E-state index in [1.165, 1.54) is 0 Å². The van der Waals surface area contributed by atoms with E-state index in [4.69, 9.17) is 0 Å².